The molecule has 1 aromatic heterocycles. The fraction of sp³-hybridized carbons (Fsp3) is 0.308. The van der Waals surface area contributed by atoms with E-state index in [0.29, 0.717) is 23.7 Å². The Balaban J connectivity index is 2.54. The number of ether oxygens (including phenoxy) is 2. The molecule has 2 rings (SSSR count). The number of fused-ring (bicyclic) bond motifs is 1. The van der Waals surface area contributed by atoms with Gasteiger partial charge < -0.3 is 14.0 Å². The van der Waals surface area contributed by atoms with Gasteiger partial charge in [0.2, 0.25) is 0 Å². The standard InChI is InChI=1S/C13H14ClNO3/c1-17-6-5-15-4-3-10-11(13(16)18-2)7-9(14)8-12(10)15/h3-4,7-8H,5-6H2,1-2H3. The molecule has 1 aromatic carbocycles. The average Bonchev–Trinajstić information content (AvgIpc) is 2.77. The molecular formula is C13H14ClNO3. The highest BCUT2D eigenvalue weighted by atomic mass is 35.5. The Bertz CT molecular complexity index is 577. The smallest absolute Gasteiger partial charge is 0.338 e. The third-order valence-electron chi connectivity index (χ3n) is 2.80. The second kappa shape index (κ2) is 5.42. The summed E-state index contributed by atoms with van der Waals surface area (Å²) in [5, 5.41) is 1.35. The summed E-state index contributed by atoms with van der Waals surface area (Å²) in [5.74, 6) is -0.382. The maximum absolute atomic E-state index is 11.7. The zero-order valence-corrected chi connectivity index (χ0v) is 11.0. The summed E-state index contributed by atoms with van der Waals surface area (Å²) < 4.78 is 11.8. The lowest BCUT2D eigenvalue weighted by molar-refractivity contribution is 0.0603. The van der Waals surface area contributed by atoms with E-state index >= 15 is 0 Å². The molecule has 0 fully saturated rings. The van der Waals surface area contributed by atoms with Crippen molar-refractivity contribution in [2.75, 3.05) is 20.8 Å². The van der Waals surface area contributed by atoms with Crippen LogP contribution >= 0.6 is 11.6 Å². The molecular weight excluding hydrogens is 254 g/mol. The summed E-state index contributed by atoms with van der Waals surface area (Å²) >= 11 is 6.04. The molecule has 2 aromatic rings. The third-order valence-corrected chi connectivity index (χ3v) is 3.01. The van der Waals surface area contributed by atoms with Gasteiger partial charge >= 0.3 is 5.97 Å². The van der Waals surface area contributed by atoms with Crippen LogP contribution in [0.2, 0.25) is 5.02 Å². The van der Waals surface area contributed by atoms with Crippen molar-refractivity contribution in [2.45, 2.75) is 6.54 Å². The van der Waals surface area contributed by atoms with Gasteiger partial charge in [-0.1, -0.05) is 11.6 Å². The number of rotatable bonds is 4. The number of benzene rings is 1. The van der Waals surface area contributed by atoms with E-state index in [4.69, 9.17) is 21.1 Å². The predicted molar refractivity (Wildman–Crippen MR) is 70.2 cm³/mol. The van der Waals surface area contributed by atoms with E-state index < -0.39 is 0 Å². The fourth-order valence-corrected chi connectivity index (χ4v) is 2.14. The molecule has 96 valence electrons. The lowest BCUT2D eigenvalue weighted by Crippen LogP contribution is -2.04. The minimum Gasteiger partial charge on any atom is -0.465 e. The van der Waals surface area contributed by atoms with Gasteiger partial charge in [-0.25, -0.2) is 4.79 Å². The lowest BCUT2D eigenvalue weighted by Gasteiger charge is -2.07. The van der Waals surface area contributed by atoms with Crippen LogP contribution in [0.5, 0.6) is 0 Å². The molecule has 0 bridgehead atoms. The molecule has 0 atom stereocenters. The number of hydrogen-bond donors (Lipinski definition) is 0. The first kappa shape index (κ1) is 12.9. The molecule has 0 amide bonds. The molecule has 0 aliphatic carbocycles. The minimum atomic E-state index is -0.382. The summed E-state index contributed by atoms with van der Waals surface area (Å²) in [5.41, 5.74) is 1.39. The Labute approximate surface area is 110 Å². The van der Waals surface area contributed by atoms with Crippen LogP contribution in [0.25, 0.3) is 10.9 Å². The van der Waals surface area contributed by atoms with Gasteiger partial charge in [0, 0.05) is 30.3 Å². The van der Waals surface area contributed by atoms with E-state index in [1.165, 1.54) is 7.11 Å². The second-order valence-corrected chi connectivity index (χ2v) is 4.32. The number of carbonyl (C=O) groups excluding carboxylic acids is 1. The molecule has 0 N–H and O–H groups in total. The number of aromatic nitrogens is 1. The number of methoxy groups -OCH3 is 2. The van der Waals surface area contributed by atoms with Crippen LogP contribution in [0.4, 0.5) is 0 Å². The van der Waals surface area contributed by atoms with Crippen molar-refractivity contribution in [3.63, 3.8) is 0 Å². The van der Waals surface area contributed by atoms with Crippen molar-refractivity contribution in [3.8, 4) is 0 Å². The highest BCUT2D eigenvalue weighted by Crippen LogP contribution is 2.25. The molecule has 5 heteroatoms. The largest absolute Gasteiger partial charge is 0.465 e. The summed E-state index contributed by atoms with van der Waals surface area (Å²) in [6.45, 7) is 1.31. The molecule has 18 heavy (non-hydrogen) atoms. The van der Waals surface area contributed by atoms with Crippen LogP contribution in [0.1, 0.15) is 10.4 Å². The van der Waals surface area contributed by atoms with Crippen molar-refractivity contribution in [1.29, 1.82) is 0 Å². The highest BCUT2D eigenvalue weighted by molar-refractivity contribution is 6.32. The number of halogens is 1. The summed E-state index contributed by atoms with van der Waals surface area (Å²) in [6, 6.07) is 5.34. The maximum Gasteiger partial charge on any atom is 0.338 e. The van der Waals surface area contributed by atoms with E-state index in [-0.39, 0.29) is 5.97 Å². The van der Waals surface area contributed by atoms with Crippen LogP contribution in [-0.2, 0) is 16.0 Å². The van der Waals surface area contributed by atoms with Crippen molar-refractivity contribution in [2.24, 2.45) is 0 Å². The summed E-state index contributed by atoms with van der Waals surface area (Å²) in [7, 11) is 3.01. The quantitative estimate of drug-likeness (QED) is 0.800. The Kier molecular flexibility index (Phi) is 3.89. The Morgan fingerprint density at radius 3 is 2.83 bits per heavy atom. The molecule has 0 unspecified atom stereocenters. The molecule has 0 saturated carbocycles. The molecule has 1 heterocycles. The first-order valence-electron chi connectivity index (χ1n) is 5.53. The summed E-state index contributed by atoms with van der Waals surface area (Å²) in [6.07, 6.45) is 1.91. The number of nitrogens with zero attached hydrogens (tertiary/aromatic N) is 1. The van der Waals surface area contributed by atoms with E-state index in [1.54, 1.807) is 13.2 Å². The van der Waals surface area contributed by atoms with Gasteiger partial charge in [0.15, 0.2) is 0 Å². The van der Waals surface area contributed by atoms with Crippen LogP contribution < -0.4 is 0 Å². The van der Waals surface area contributed by atoms with Gasteiger partial charge in [-0.15, -0.1) is 0 Å². The predicted octanol–water partition coefficient (Wildman–Crippen LogP) is 2.73. The fourth-order valence-electron chi connectivity index (χ4n) is 1.92. The SMILES string of the molecule is COCCn1ccc2c(C(=O)OC)cc(Cl)cc21. The second-order valence-electron chi connectivity index (χ2n) is 3.88. The highest BCUT2D eigenvalue weighted by Gasteiger charge is 2.14. The Morgan fingerprint density at radius 1 is 1.39 bits per heavy atom. The normalized spacial score (nSPS) is 10.8. The van der Waals surface area contributed by atoms with Crippen LogP contribution in [0, 0.1) is 0 Å². The monoisotopic (exact) mass is 267 g/mol. The van der Waals surface area contributed by atoms with E-state index in [2.05, 4.69) is 0 Å². The van der Waals surface area contributed by atoms with Gasteiger partial charge in [-0.2, -0.15) is 0 Å². The molecule has 0 aliphatic rings. The van der Waals surface area contributed by atoms with E-state index in [9.17, 15) is 4.79 Å². The molecule has 0 aliphatic heterocycles. The third kappa shape index (κ3) is 2.35. The maximum atomic E-state index is 11.7. The van der Waals surface area contributed by atoms with Crippen LogP contribution in [0.15, 0.2) is 24.4 Å². The number of esters is 1. The van der Waals surface area contributed by atoms with Crippen LogP contribution in [-0.4, -0.2) is 31.4 Å². The van der Waals surface area contributed by atoms with E-state index in [1.807, 2.05) is 22.9 Å². The van der Waals surface area contributed by atoms with E-state index in [0.717, 1.165) is 10.9 Å². The minimum absolute atomic E-state index is 0.382. The van der Waals surface area contributed by atoms with Gasteiger partial charge in [-0.3, -0.25) is 0 Å². The van der Waals surface area contributed by atoms with Crippen molar-refractivity contribution >= 4 is 28.5 Å². The molecule has 4 nitrogen and oxygen atoms in total. The average molecular weight is 268 g/mol. The molecule has 0 saturated heterocycles. The summed E-state index contributed by atoms with van der Waals surface area (Å²) in [4.78, 5) is 11.7. The number of carbonyl (C=O) groups is 1. The topological polar surface area (TPSA) is 40.5 Å². The van der Waals surface area contributed by atoms with Crippen molar-refractivity contribution in [3.05, 3.63) is 35.0 Å². The first-order valence-corrected chi connectivity index (χ1v) is 5.91. The van der Waals surface area contributed by atoms with Crippen LogP contribution in [0.3, 0.4) is 0 Å². The zero-order valence-electron chi connectivity index (χ0n) is 10.3. The lowest BCUT2D eigenvalue weighted by atomic mass is 10.1. The van der Waals surface area contributed by atoms with Gasteiger partial charge in [0.1, 0.15) is 0 Å². The van der Waals surface area contributed by atoms with Gasteiger partial charge in [0.05, 0.1) is 24.8 Å². The number of hydrogen-bond acceptors (Lipinski definition) is 3. The Morgan fingerprint density at radius 2 is 2.17 bits per heavy atom. The van der Waals surface area contributed by atoms with Crippen molar-refractivity contribution in [1.82, 2.24) is 4.57 Å². The van der Waals surface area contributed by atoms with Gasteiger partial charge in [0.25, 0.3) is 0 Å². The van der Waals surface area contributed by atoms with Crippen molar-refractivity contribution < 1.29 is 14.3 Å². The molecule has 0 radical (unpaired) electrons. The Hall–Kier alpha value is -1.52. The molecule has 0 spiro atoms. The van der Waals surface area contributed by atoms with Gasteiger partial charge in [-0.05, 0) is 18.2 Å². The zero-order chi connectivity index (χ0) is 13.1. The first-order chi connectivity index (χ1) is 8.67.